The number of primary amides is 1. The number of carbonyl (C=O) groups is 1. The van der Waals surface area contributed by atoms with Gasteiger partial charge in [0.25, 0.3) is 0 Å². The van der Waals surface area contributed by atoms with Gasteiger partial charge in [0.2, 0.25) is 5.91 Å². The molecule has 3 N–H and O–H groups in total. The Morgan fingerprint density at radius 3 is 2.74 bits per heavy atom. The zero-order chi connectivity index (χ0) is 22.5. The fourth-order valence-electron chi connectivity index (χ4n) is 3.15. The van der Waals surface area contributed by atoms with Gasteiger partial charge in [-0.05, 0) is 50.0 Å². The zero-order valence-electron chi connectivity index (χ0n) is 17.4. The number of hydrogen-bond donors (Lipinski definition) is 2. The van der Waals surface area contributed by atoms with Crippen LogP contribution in [0.5, 0.6) is 5.75 Å². The van der Waals surface area contributed by atoms with Gasteiger partial charge in [0.15, 0.2) is 0 Å². The summed E-state index contributed by atoms with van der Waals surface area (Å²) in [6.45, 7) is 0.540. The van der Waals surface area contributed by atoms with Crippen LogP contribution in [-0.4, -0.2) is 43.5 Å². The van der Waals surface area contributed by atoms with Gasteiger partial charge >= 0.3 is 0 Å². The van der Waals surface area contributed by atoms with Crippen LogP contribution in [0, 0.1) is 11.3 Å². The van der Waals surface area contributed by atoms with Crippen molar-refractivity contribution in [2.75, 3.05) is 33.1 Å². The lowest BCUT2D eigenvalue weighted by Crippen LogP contribution is -2.17. The zero-order valence-corrected chi connectivity index (χ0v) is 19.0. The Bertz CT molecular complexity index is 1210. The molecule has 0 spiro atoms. The number of nitrogens with one attached hydrogen (secondary N) is 1. The highest BCUT2D eigenvalue weighted by atomic mass is 79.9. The summed E-state index contributed by atoms with van der Waals surface area (Å²) in [6.07, 6.45) is 3.27. The summed E-state index contributed by atoms with van der Waals surface area (Å²) in [5.41, 5.74) is 8.92. The number of benzene rings is 2. The molecule has 0 bridgehead atoms. The predicted octanol–water partition coefficient (Wildman–Crippen LogP) is 4.05. The van der Waals surface area contributed by atoms with Crippen LogP contribution >= 0.6 is 15.9 Å². The molecule has 3 aromatic rings. The van der Waals surface area contributed by atoms with Crippen LogP contribution in [0.25, 0.3) is 16.5 Å². The molecule has 0 saturated carbocycles. The molecule has 0 aliphatic carbocycles. The number of rotatable bonds is 7. The van der Waals surface area contributed by atoms with Crippen molar-refractivity contribution in [3.05, 3.63) is 64.3 Å². The summed E-state index contributed by atoms with van der Waals surface area (Å²) >= 11 is 3.46. The maximum Gasteiger partial charge on any atom is 0.249 e. The lowest BCUT2D eigenvalue weighted by atomic mass is 9.99. The van der Waals surface area contributed by atoms with E-state index in [0.717, 1.165) is 10.2 Å². The first-order valence-corrected chi connectivity index (χ1v) is 10.2. The smallest absolute Gasteiger partial charge is 0.249 e. The molecule has 1 heterocycles. The average Bonchev–Trinajstić information content (AvgIpc) is 2.73. The number of methoxy groups -OCH3 is 1. The van der Waals surface area contributed by atoms with Crippen LogP contribution in [0.1, 0.15) is 11.1 Å². The third-order valence-corrected chi connectivity index (χ3v) is 5.10. The third-order valence-electron chi connectivity index (χ3n) is 4.61. The molecule has 2 aromatic carbocycles. The fourth-order valence-corrected chi connectivity index (χ4v) is 3.55. The van der Waals surface area contributed by atoms with Crippen LogP contribution in [0.3, 0.4) is 0 Å². The van der Waals surface area contributed by atoms with Crippen molar-refractivity contribution >= 4 is 49.7 Å². The first-order valence-electron chi connectivity index (χ1n) is 9.42. The molecular weight excluding hydrogens is 458 g/mol. The number of likely N-dealkylation sites (N-methyl/N-ethyl adjacent to an activating group) is 1. The van der Waals surface area contributed by atoms with E-state index in [0.29, 0.717) is 45.6 Å². The van der Waals surface area contributed by atoms with E-state index < -0.39 is 5.91 Å². The molecule has 0 aliphatic heterocycles. The molecule has 8 heteroatoms. The topological polar surface area (TPSA) is 104 Å². The van der Waals surface area contributed by atoms with Crippen LogP contribution in [0.15, 0.2) is 53.1 Å². The SMILES string of the molecule is COc1cc(C(=CCN(C)C)C(N)=O)cc2c(Nc3cccc(Br)c3)c(C#N)cnc12. The Labute approximate surface area is 189 Å². The van der Waals surface area contributed by atoms with Crippen LogP contribution in [0.2, 0.25) is 0 Å². The van der Waals surface area contributed by atoms with Crippen molar-refractivity contribution in [2.45, 2.75) is 0 Å². The number of anilines is 2. The Morgan fingerprint density at radius 1 is 1.35 bits per heavy atom. The largest absolute Gasteiger partial charge is 0.494 e. The van der Waals surface area contributed by atoms with Gasteiger partial charge in [-0.25, -0.2) is 0 Å². The number of carbonyl (C=O) groups excluding carboxylic acids is 1. The second-order valence-electron chi connectivity index (χ2n) is 7.11. The molecule has 3 rings (SSSR count). The lowest BCUT2D eigenvalue weighted by Gasteiger charge is -2.16. The Hall–Kier alpha value is -3.41. The van der Waals surface area contributed by atoms with Crippen molar-refractivity contribution in [2.24, 2.45) is 5.73 Å². The van der Waals surface area contributed by atoms with Gasteiger partial charge in [0.05, 0.1) is 18.4 Å². The van der Waals surface area contributed by atoms with E-state index in [-0.39, 0.29) is 0 Å². The minimum atomic E-state index is -0.547. The molecule has 0 aliphatic rings. The summed E-state index contributed by atoms with van der Waals surface area (Å²) in [4.78, 5) is 18.5. The summed E-state index contributed by atoms with van der Waals surface area (Å²) in [6, 6.07) is 13.3. The van der Waals surface area contributed by atoms with E-state index in [2.05, 4.69) is 32.3 Å². The average molecular weight is 480 g/mol. The predicted molar refractivity (Wildman–Crippen MR) is 126 cm³/mol. The van der Waals surface area contributed by atoms with E-state index in [1.54, 1.807) is 18.2 Å². The molecule has 0 saturated heterocycles. The number of ether oxygens (including phenoxy) is 1. The van der Waals surface area contributed by atoms with Crippen molar-refractivity contribution in [3.8, 4) is 11.8 Å². The maximum atomic E-state index is 12.2. The van der Waals surface area contributed by atoms with Crippen molar-refractivity contribution in [3.63, 3.8) is 0 Å². The standard InChI is InChI=1S/C23H22BrN5O2/c1-29(2)8-7-18(23(26)30)14-9-19-21(28-17-6-4-5-16(24)11-17)15(12-25)13-27-22(19)20(10-14)31-3/h4-7,9-11,13H,8H2,1-3H3,(H2,26,30)(H,27,28). The molecular formula is C23H22BrN5O2. The van der Waals surface area contributed by atoms with Crippen LogP contribution < -0.4 is 15.8 Å². The Kier molecular flexibility index (Phi) is 6.90. The number of amides is 1. The van der Waals surface area contributed by atoms with Gasteiger partial charge in [-0.15, -0.1) is 0 Å². The van der Waals surface area contributed by atoms with Crippen molar-refractivity contribution < 1.29 is 9.53 Å². The number of nitriles is 1. The number of halogens is 1. The maximum absolute atomic E-state index is 12.2. The Morgan fingerprint density at radius 2 is 2.13 bits per heavy atom. The molecule has 1 aromatic heterocycles. The minimum Gasteiger partial charge on any atom is -0.494 e. The van der Waals surface area contributed by atoms with Gasteiger partial charge in [0.1, 0.15) is 17.3 Å². The first-order chi connectivity index (χ1) is 14.8. The molecule has 0 atom stereocenters. The molecule has 0 radical (unpaired) electrons. The van der Waals surface area contributed by atoms with E-state index in [4.69, 9.17) is 10.5 Å². The third kappa shape index (κ3) is 5.02. The van der Waals surface area contributed by atoms with Crippen LogP contribution in [-0.2, 0) is 4.79 Å². The van der Waals surface area contributed by atoms with Gasteiger partial charge in [0, 0.05) is 33.9 Å². The summed E-state index contributed by atoms with van der Waals surface area (Å²) < 4.78 is 6.45. The van der Waals surface area contributed by atoms with Crippen molar-refractivity contribution in [1.29, 1.82) is 5.26 Å². The second kappa shape index (κ2) is 9.60. The molecule has 158 valence electrons. The molecule has 0 unspecified atom stereocenters. The number of hydrogen-bond acceptors (Lipinski definition) is 6. The monoisotopic (exact) mass is 479 g/mol. The highest BCUT2D eigenvalue weighted by Gasteiger charge is 2.17. The number of nitrogens with two attached hydrogens (primary N) is 1. The molecule has 31 heavy (non-hydrogen) atoms. The summed E-state index contributed by atoms with van der Waals surface area (Å²) in [5.74, 6) is -0.0690. The molecule has 0 fully saturated rings. The first kappa shape index (κ1) is 22.3. The fraction of sp³-hybridized carbons (Fsp3) is 0.174. The van der Waals surface area contributed by atoms with Crippen LogP contribution in [0.4, 0.5) is 11.4 Å². The van der Waals surface area contributed by atoms with E-state index in [1.165, 1.54) is 13.3 Å². The summed E-state index contributed by atoms with van der Waals surface area (Å²) in [5, 5.41) is 13.6. The van der Waals surface area contributed by atoms with E-state index >= 15 is 0 Å². The molecule has 1 amide bonds. The summed E-state index contributed by atoms with van der Waals surface area (Å²) in [7, 11) is 5.34. The number of aromatic nitrogens is 1. The number of pyridine rings is 1. The minimum absolute atomic E-state index is 0.365. The highest BCUT2D eigenvalue weighted by molar-refractivity contribution is 9.10. The number of nitrogens with zero attached hydrogens (tertiary/aromatic N) is 3. The number of fused-ring (bicyclic) bond motifs is 1. The van der Waals surface area contributed by atoms with Gasteiger partial charge < -0.3 is 20.7 Å². The Balaban J connectivity index is 2.27. The highest BCUT2D eigenvalue weighted by Crippen LogP contribution is 2.36. The second-order valence-corrected chi connectivity index (χ2v) is 8.03. The van der Waals surface area contributed by atoms with E-state index in [1.807, 2.05) is 43.3 Å². The van der Waals surface area contributed by atoms with Gasteiger partial charge in [-0.1, -0.05) is 28.1 Å². The van der Waals surface area contributed by atoms with Gasteiger partial charge in [-0.3, -0.25) is 9.78 Å². The molecule has 7 nitrogen and oxygen atoms in total. The van der Waals surface area contributed by atoms with E-state index in [9.17, 15) is 10.1 Å². The lowest BCUT2D eigenvalue weighted by molar-refractivity contribution is -0.112. The van der Waals surface area contributed by atoms with Crippen molar-refractivity contribution in [1.82, 2.24) is 9.88 Å². The van der Waals surface area contributed by atoms with Gasteiger partial charge in [-0.2, -0.15) is 5.26 Å². The quantitative estimate of drug-likeness (QED) is 0.495. The normalized spacial score (nSPS) is 11.4.